The van der Waals surface area contributed by atoms with Gasteiger partial charge in [0.2, 0.25) is 10.0 Å². The van der Waals surface area contributed by atoms with E-state index in [1.54, 1.807) is 6.92 Å². The van der Waals surface area contributed by atoms with Crippen LogP contribution >= 0.6 is 0 Å². The van der Waals surface area contributed by atoms with Gasteiger partial charge in [0, 0.05) is 44.2 Å². The highest BCUT2D eigenvalue weighted by atomic mass is 32.2. The van der Waals surface area contributed by atoms with Crippen LogP contribution in [-0.4, -0.2) is 67.3 Å². The molecule has 11 nitrogen and oxygen atoms in total. The fraction of sp³-hybridized carbons (Fsp3) is 0.476. The van der Waals surface area contributed by atoms with Gasteiger partial charge in [-0.2, -0.15) is 4.31 Å². The van der Waals surface area contributed by atoms with Crippen LogP contribution in [0.2, 0.25) is 0 Å². The average Bonchev–Trinajstić information content (AvgIpc) is 3.24. The summed E-state index contributed by atoms with van der Waals surface area (Å²) in [5, 5.41) is 8.26. The summed E-state index contributed by atoms with van der Waals surface area (Å²) < 4.78 is 50.4. The number of fused-ring (bicyclic) bond motifs is 1. The molecule has 184 valence electrons. The summed E-state index contributed by atoms with van der Waals surface area (Å²) in [5.41, 5.74) is 0.455. The van der Waals surface area contributed by atoms with Crippen LogP contribution in [0.5, 0.6) is 0 Å². The predicted molar refractivity (Wildman–Crippen MR) is 114 cm³/mol. The number of carbonyl (C=O) groups is 2. The number of hydroxylamine groups is 2. The highest BCUT2D eigenvalue weighted by Crippen LogP contribution is 2.27. The first-order chi connectivity index (χ1) is 16.3. The normalized spacial score (nSPS) is 17.7. The predicted octanol–water partition coefficient (Wildman–Crippen LogP) is 1.84. The number of nitrogens with zero attached hydrogens (tertiary/aromatic N) is 3. The van der Waals surface area contributed by atoms with E-state index in [4.69, 9.17) is 14.1 Å². The standard InChI is InChI=1S/C21H25FN4O7S/c1-2-31-21(28)33-25-10-7-15(8-11-25)23-20(27)19-17-13-26(12-9-18(17)32-24-19)34(29,30)16-5-3-14(22)4-6-16/h3-6,15H,2,7-13H2,1H3,(H,23,27). The molecule has 1 amide bonds. The van der Waals surface area contributed by atoms with E-state index in [-0.39, 0.29) is 42.7 Å². The average molecular weight is 497 g/mol. The van der Waals surface area contributed by atoms with E-state index in [9.17, 15) is 22.4 Å². The Morgan fingerprint density at radius 1 is 1.21 bits per heavy atom. The Labute approximate surface area is 195 Å². The molecule has 1 aromatic carbocycles. The van der Waals surface area contributed by atoms with Crippen molar-refractivity contribution in [3.63, 3.8) is 0 Å². The molecule has 1 fully saturated rings. The number of rotatable bonds is 6. The number of hydrogen-bond acceptors (Lipinski definition) is 9. The number of amides is 1. The van der Waals surface area contributed by atoms with Gasteiger partial charge in [0.05, 0.1) is 11.5 Å². The zero-order valence-electron chi connectivity index (χ0n) is 18.5. The lowest BCUT2D eigenvalue weighted by molar-refractivity contribution is -0.139. The van der Waals surface area contributed by atoms with Crippen molar-refractivity contribution in [3.05, 3.63) is 47.1 Å². The van der Waals surface area contributed by atoms with Gasteiger partial charge in [0.1, 0.15) is 11.6 Å². The second-order valence-electron chi connectivity index (χ2n) is 7.93. The lowest BCUT2D eigenvalue weighted by Gasteiger charge is -2.30. The van der Waals surface area contributed by atoms with Crippen molar-refractivity contribution in [2.75, 3.05) is 26.2 Å². The molecule has 1 aromatic heterocycles. The third-order valence-corrected chi connectivity index (χ3v) is 7.57. The number of halogens is 1. The quantitative estimate of drug-likeness (QED) is 0.595. The van der Waals surface area contributed by atoms with E-state index >= 15 is 0 Å². The third-order valence-electron chi connectivity index (χ3n) is 5.71. The van der Waals surface area contributed by atoms with Crippen molar-refractivity contribution in [3.8, 4) is 0 Å². The minimum Gasteiger partial charge on any atom is -0.433 e. The Balaban J connectivity index is 1.38. The molecule has 0 spiro atoms. The summed E-state index contributed by atoms with van der Waals surface area (Å²) in [6, 6.07) is 4.41. The van der Waals surface area contributed by atoms with Crippen LogP contribution < -0.4 is 5.32 Å². The molecular weight excluding hydrogens is 471 g/mol. The Kier molecular flexibility index (Phi) is 7.14. The molecule has 2 aliphatic heterocycles. The largest absolute Gasteiger partial charge is 0.527 e. The number of carbonyl (C=O) groups excluding carboxylic acids is 2. The van der Waals surface area contributed by atoms with E-state index < -0.39 is 27.9 Å². The van der Waals surface area contributed by atoms with Crippen LogP contribution in [0.3, 0.4) is 0 Å². The molecule has 0 bridgehead atoms. The molecule has 3 heterocycles. The number of sulfonamides is 1. The molecule has 0 saturated carbocycles. The van der Waals surface area contributed by atoms with Gasteiger partial charge in [-0.15, -0.1) is 5.06 Å². The van der Waals surface area contributed by atoms with Gasteiger partial charge in [-0.25, -0.2) is 17.6 Å². The Morgan fingerprint density at radius 3 is 2.59 bits per heavy atom. The molecule has 34 heavy (non-hydrogen) atoms. The van der Waals surface area contributed by atoms with Crippen molar-refractivity contribution < 1.29 is 36.5 Å². The second-order valence-corrected chi connectivity index (χ2v) is 9.86. The van der Waals surface area contributed by atoms with Crippen molar-refractivity contribution in [1.29, 1.82) is 0 Å². The highest BCUT2D eigenvalue weighted by Gasteiger charge is 2.34. The van der Waals surface area contributed by atoms with Gasteiger partial charge >= 0.3 is 6.16 Å². The molecule has 0 radical (unpaired) electrons. The summed E-state index contributed by atoms with van der Waals surface area (Å²) in [6.07, 6.45) is 0.575. The van der Waals surface area contributed by atoms with Crippen molar-refractivity contribution >= 4 is 22.1 Å². The molecular formula is C21H25FN4O7S. The Bertz CT molecular complexity index is 1140. The van der Waals surface area contributed by atoms with Crippen LogP contribution in [0.4, 0.5) is 9.18 Å². The highest BCUT2D eigenvalue weighted by molar-refractivity contribution is 7.89. The maximum Gasteiger partial charge on any atom is 0.527 e. The Hall–Kier alpha value is -3.03. The van der Waals surface area contributed by atoms with Gasteiger partial charge in [0.25, 0.3) is 5.91 Å². The maximum atomic E-state index is 13.2. The lowest BCUT2D eigenvalue weighted by Crippen LogP contribution is -2.45. The number of nitrogens with one attached hydrogen (secondary N) is 1. The van der Waals surface area contributed by atoms with Gasteiger partial charge < -0.3 is 19.4 Å². The summed E-state index contributed by atoms with van der Waals surface area (Å²) in [6.45, 7) is 2.82. The smallest absolute Gasteiger partial charge is 0.433 e. The van der Waals surface area contributed by atoms with Crippen LogP contribution in [0.25, 0.3) is 0 Å². The van der Waals surface area contributed by atoms with E-state index in [0.29, 0.717) is 37.3 Å². The summed E-state index contributed by atoms with van der Waals surface area (Å²) in [4.78, 5) is 29.4. The molecule has 0 unspecified atom stereocenters. The lowest BCUT2D eigenvalue weighted by atomic mass is 10.0. The number of ether oxygens (including phenoxy) is 1. The minimum atomic E-state index is -3.88. The monoisotopic (exact) mass is 496 g/mol. The topological polar surface area (TPSA) is 131 Å². The van der Waals surface area contributed by atoms with Crippen molar-refractivity contribution in [1.82, 2.24) is 19.8 Å². The van der Waals surface area contributed by atoms with Gasteiger partial charge in [0.15, 0.2) is 5.69 Å². The van der Waals surface area contributed by atoms with Crippen LogP contribution in [-0.2, 0) is 32.6 Å². The summed E-state index contributed by atoms with van der Waals surface area (Å²) >= 11 is 0. The van der Waals surface area contributed by atoms with E-state index in [2.05, 4.69) is 10.5 Å². The first-order valence-corrected chi connectivity index (χ1v) is 12.4. The molecule has 13 heteroatoms. The molecule has 4 rings (SSSR count). The van der Waals surface area contributed by atoms with Crippen LogP contribution in [0.1, 0.15) is 41.6 Å². The molecule has 0 atom stereocenters. The number of benzene rings is 1. The number of aromatic nitrogens is 1. The SMILES string of the molecule is CCOC(=O)ON1CCC(NC(=O)c2noc3c2CN(S(=O)(=O)c2ccc(F)cc2)CC3)CC1. The van der Waals surface area contributed by atoms with Crippen molar-refractivity contribution in [2.24, 2.45) is 0 Å². The molecule has 2 aliphatic rings. The Morgan fingerprint density at radius 2 is 1.91 bits per heavy atom. The zero-order valence-corrected chi connectivity index (χ0v) is 19.3. The van der Waals surface area contributed by atoms with Crippen molar-refractivity contribution in [2.45, 2.75) is 43.7 Å². The zero-order chi connectivity index (χ0) is 24.3. The molecule has 1 N–H and O–H groups in total. The van der Waals surface area contributed by atoms with E-state index in [1.807, 2.05) is 0 Å². The van der Waals surface area contributed by atoms with E-state index in [0.717, 1.165) is 12.1 Å². The fourth-order valence-electron chi connectivity index (χ4n) is 3.92. The number of piperidine rings is 1. The maximum absolute atomic E-state index is 13.2. The third kappa shape index (κ3) is 5.21. The first-order valence-electron chi connectivity index (χ1n) is 10.9. The second kappa shape index (κ2) is 10.1. The summed E-state index contributed by atoms with van der Waals surface area (Å²) in [7, 11) is -3.88. The summed E-state index contributed by atoms with van der Waals surface area (Å²) in [5.74, 6) is -0.527. The molecule has 2 aromatic rings. The van der Waals surface area contributed by atoms with Gasteiger partial charge in [-0.05, 0) is 44.0 Å². The number of hydrogen-bond donors (Lipinski definition) is 1. The fourth-order valence-corrected chi connectivity index (χ4v) is 5.33. The molecule has 1 saturated heterocycles. The van der Waals surface area contributed by atoms with Crippen LogP contribution in [0, 0.1) is 5.82 Å². The van der Waals surface area contributed by atoms with Gasteiger partial charge in [-0.3, -0.25) is 4.79 Å². The molecule has 0 aliphatic carbocycles. The van der Waals surface area contributed by atoms with Gasteiger partial charge in [-0.1, -0.05) is 5.16 Å². The minimum absolute atomic E-state index is 0.0309. The first kappa shape index (κ1) is 24.1. The van der Waals surface area contributed by atoms with Crippen LogP contribution in [0.15, 0.2) is 33.7 Å². The van der Waals surface area contributed by atoms with E-state index in [1.165, 1.54) is 21.5 Å².